The molecule has 2 amide bonds. The fourth-order valence-corrected chi connectivity index (χ4v) is 9.68. The van der Waals surface area contributed by atoms with Crippen LogP contribution in [-0.4, -0.2) is 52.7 Å². The van der Waals surface area contributed by atoms with Crippen LogP contribution in [0.5, 0.6) is 0 Å². The van der Waals surface area contributed by atoms with Gasteiger partial charge in [0.15, 0.2) is 0 Å². The van der Waals surface area contributed by atoms with Gasteiger partial charge in [-0.1, -0.05) is 66.7 Å². The summed E-state index contributed by atoms with van der Waals surface area (Å²) in [5.41, 5.74) is 1.08. The molecule has 2 aliphatic heterocycles. The Morgan fingerprint density at radius 3 is 1.82 bits per heavy atom. The molecule has 1 fully saturated rings. The Labute approximate surface area is 257 Å². The van der Waals surface area contributed by atoms with E-state index < -0.39 is 29.7 Å². The number of hydroxylamine groups is 2. The first-order valence-electron chi connectivity index (χ1n) is 13.9. The van der Waals surface area contributed by atoms with Crippen molar-refractivity contribution < 1.29 is 22.0 Å². The van der Waals surface area contributed by atoms with E-state index in [1.165, 1.54) is 31.4 Å². The smallest absolute Gasteiger partial charge is 0.346 e. The van der Waals surface area contributed by atoms with Gasteiger partial charge in [-0.05, 0) is 60.5 Å². The molecule has 4 aromatic rings. The Morgan fingerprint density at radius 2 is 1.36 bits per heavy atom. The molecule has 1 aromatic heterocycles. The van der Waals surface area contributed by atoms with Crippen LogP contribution in [0.1, 0.15) is 12.5 Å². The summed E-state index contributed by atoms with van der Waals surface area (Å²) in [6, 6.07) is 34.2. The van der Waals surface area contributed by atoms with Gasteiger partial charge >= 0.3 is 6.03 Å². The molecule has 0 N–H and O–H groups in total. The van der Waals surface area contributed by atoms with Gasteiger partial charge in [-0.2, -0.15) is 9.35 Å². The number of aryl methyl sites for hydroxylation is 1. The normalized spacial score (nSPS) is 16.5. The number of carbonyl (C=O) groups excluding carboxylic acids is 1. The minimum atomic E-state index is -5.05. The van der Waals surface area contributed by atoms with Crippen molar-refractivity contribution >= 4 is 45.2 Å². The predicted octanol–water partition coefficient (Wildman–Crippen LogP) is 3.79. The lowest BCUT2D eigenvalue weighted by Crippen LogP contribution is -2.36. The topological polar surface area (TPSA) is 112 Å². The van der Waals surface area contributed by atoms with E-state index in [0.29, 0.717) is 16.2 Å². The first-order valence-corrected chi connectivity index (χ1v) is 17.1. The number of benzene rings is 3. The second-order valence-corrected chi connectivity index (χ2v) is 14.5. The summed E-state index contributed by atoms with van der Waals surface area (Å²) in [6.45, 7) is 2.60. The SMILES string of the molecule is CC=C[P+](c1ccccc1)(c1ccccc1)c1ccccc1.Cn1cc(C2=CCN3CC2N(OS(=O)(=O)[O-])C3=O)ccc1=O. The molecule has 11 heteroatoms. The van der Waals surface area contributed by atoms with Crippen molar-refractivity contribution in [1.29, 1.82) is 0 Å². The number of hydrogen-bond donors (Lipinski definition) is 0. The maximum atomic E-state index is 12.0. The van der Waals surface area contributed by atoms with E-state index in [4.69, 9.17) is 0 Å². The van der Waals surface area contributed by atoms with Gasteiger partial charge in [0.2, 0.25) is 16.0 Å². The largest absolute Gasteiger partial charge is 0.724 e. The number of aromatic nitrogens is 1. The van der Waals surface area contributed by atoms with Crippen molar-refractivity contribution in [3.63, 3.8) is 0 Å². The van der Waals surface area contributed by atoms with Crippen molar-refractivity contribution in [2.24, 2.45) is 7.05 Å². The van der Waals surface area contributed by atoms with Crippen LogP contribution in [0.4, 0.5) is 4.79 Å². The molecule has 1 atom stereocenters. The Hall–Kier alpha value is -4.34. The third kappa shape index (κ3) is 6.44. The molecule has 226 valence electrons. The third-order valence-corrected chi connectivity index (χ3v) is 11.9. The van der Waals surface area contributed by atoms with Crippen LogP contribution in [0.25, 0.3) is 5.57 Å². The average molecular weight is 630 g/mol. The number of amides is 2. The first kappa shape index (κ1) is 31.1. The van der Waals surface area contributed by atoms with Gasteiger partial charge in [0.05, 0.1) is 12.4 Å². The van der Waals surface area contributed by atoms with Crippen molar-refractivity contribution in [1.82, 2.24) is 14.5 Å². The average Bonchev–Trinajstić information content (AvgIpc) is 3.26. The maximum Gasteiger partial charge on any atom is 0.346 e. The van der Waals surface area contributed by atoms with Gasteiger partial charge in [-0.15, -0.1) is 0 Å². The van der Waals surface area contributed by atoms with Crippen molar-refractivity contribution in [2.45, 2.75) is 13.0 Å². The number of hydrogen-bond acceptors (Lipinski definition) is 6. The third-order valence-electron chi connectivity index (χ3n) is 7.48. The summed E-state index contributed by atoms with van der Waals surface area (Å²) in [4.78, 5) is 24.8. The van der Waals surface area contributed by atoms with Crippen LogP contribution in [-0.2, 0) is 21.7 Å². The Bertz CT molecular complexity index is 1750. The molecule has 3 aromatic carbocycles. The van der Waals surface area contributed by atoms with Crippen LogP contribution in [0.15, 0.2) is 132 Å². The van der Waals surface area contributed by atoms with Crippen molar-refractivity contribution in [3.05, 3.63) is 143 Å². The van der Waals surface area contributed by atoms with E-state index in [9.17, 15) is 22.6 Å². The highest BCUT2D eigenvalue weighted by molar-refractivity contribution is 7.98. The lowest BCUT2D eigenvalue weighted by molar-refractivity contribution is -0.0171. The van der Waals surface area contributed by atoms with E-state index in [1.54, 1.807) is 25.4 Å². The summed E-state index contributed by atoms with van der Waals surface area (Å²) in [5.74, 6) is 2.41. The predicted molar refractivity (Wildman–Crippen MR) is 173 cm³/mol. The Kier molecular flexibility index (Phi) is 9.27. The van der Waals surface area contributed by atoms with Crippen LogP contribution in [0, 0.1) is 0 Å². The maximum absolute atomic E-state index is 12.0. The number of nitrogens with zero attached hydrogens (tertiary/aromatic N) is 3. The highest BCUT2D eigenvalue weighted by Crippen LogP contribution is 2.56. The second kappa shape index (κ2) is 13.1. The Balaban J connectivity index is 0.000000175. The zero-order chi connectivity index (χ0) is 31.3. The fourth-order valence-electron chi connectivity index (χ4n) is 5.53. The molecule has 0 radical (unpaired) electrons. The highest BCUT2D eigenvalue weighted by atomic mass is 32.3. The van der Waals surface area contributed by atoms with Crippen LogP contribution in [0.2, 0.25) is 0 Å². The van der Waals surface area contributed by atoms with E-state index in [-0.39, 0.29) is 18.6 Å². The molecular formula is C33H32N3O6PS. The standard InChI is InChI=1S/C21H20P.C12H13N3O6S/c1-2-18-22(19-12-6-3-7-13-19,20-14-8-4-9-15-20)21-16-10-5-11-17-21;1-13-6-8(2-3-11(13)16)9-4-5-14-7-10(9)15(12(14)17)21-22(18,19)20/h2-18H,1H3;2-4,6,10H,5,7H2,1H3,(H,18,19,20)/q+1;/p-1. The second-order valence-electron chi connectivity index (χ2n) is 10.3. The summed E-state index contributed by atoms with van der Waals surface area (Å²) in [7, 11) is -5.21. The molecule has 6 rings (SSSR count). The fraction of sp³-hybridized carbons (Fsp3) is 0.152. The van der Waals surface area contributed by atoms with Gasteiger partial charge in [-0.3, -0.25) is 4.79 Å². The highest BCUT2D eigenvalue weighted by Gasteiger charge is 2.44. The monoisotopic (exact) mass is 629 g/mol. The summed E-state index contributed by atoms with van der Waals surface area (Å²) in [5, 5.41) is 4.76. The zero-order valence-corrected chi connectivity index (χ0v) is 26.0. The van der Waals surface area contributed by atoms with E-state index in [1.807, 2.05) is 0 Å². The molecular weight excluding hydrogens is 597 g/mol. The van der Waals surface area contributed by atoms with Crippen LogP contribution >= 0.6 is 7.26 Å². The number of carbonyl (C=O) groups is 1. The van der Waals surface area contributed by atoms with Gasteiger partial charge in [-0.25, -0.2) is 13.2 Å². The molecule has 2 aliphatic rings. The minimum Gasteiger partial charge on any atom is -0.724 e. The first-order chi connectivity index (χ1) is 21.1. The van der Waals surface area contributed by atoms with E-state index in [0.717, 1.165) is 0 Å². The molecule has 1 saturated heterocycles. The number of fused-ring (bicyclic) bond motifs is 2. The van der Waals surface area contributed by atoms with Crippen molar-refractivity contribution in [2.75, 3.05) is 13.1 Å². The Morgan fingerprint density at radius 1 is 0.841 bits per heavy atom. The lowest BCUT2D eigenvalue weighted by atomic mass is 9.97. The quantitative estimate of drug-likeness (QED) is 0.175. The molecule has 0 aliphatic carbocycles. The summed E-state index contributed by atoms with van der Waals surface area (Å²) < 4.78 is 38.1. The molecule has 2 bridgehead atoms. The number of urea groups is 1. The van der Waals surface area contributed by atoms with Crippen molar-refractivity contribution in [3.8, 4) is 0 Å². The lowest BCUT2D eigenvalue weighted by Gasteiger charge is -2.25. The van der Waals surface area contributed by atoms with Gasteiger partial charge in [0.25, 0.3) is 0 Å². The number of rotatable bonds is 7. The van der Waals surface area contributed by atoms with Crippen LogP contribution < -0.4 is 21.5 Å². The number of allylic oxidation sites excluding steroid dienone is 1. The minimum absolute atomic E-state index is 0.195. The summed E-state index contributed by atoms with van der Waals surface area (Å²) in [6.07, 6.45) is 5.52. The van der Waals surface area contributed by atoms with Gasteiger partial charge < -0.3 is 14.0 Å². The molecule has 44 heavy (non-hydrogen) atoms. The molecule has 9 nitrogen and oxygen atoms in total. The van der Waals surface area contributed by atoms with Gasteiger partial charge in [0, 0.05) is 25.9 Å². The zero-order valence-electron chi connectivity index (χ0n) is 24.3. The van der Waals surface area contributed by atoms with Crippen LogP contribution in [0.3, 0.4) is 0 Å². The molecule has 0 spiro atoms. The summed E-state index contributed by atoms with van der Waals surface area (Å²) >= 11 is 0. The molecule has 1 unspecified atom stereocenters. The van der Waals surface area contributed by atoms with E-state index in [2.05, 4.69) is 114 Å². The van der Waals surface area contributed by atoms with E-state index >= 15 is 0 Å². The number of pyridine rings is 1. The molecule has 0 saturated carbocycles. The molecule has 3 heterocycles. The van der Waals surface area contributed by atoms with Gasteiger partial charge in [0.1, 0.15) is 29.2 Å².